The molecular weight excluding hydrogens is 207 g/mol. The van der Waals surface area contributed by atoms with E-state index in [-0.39, 0.29) is 55.6 Å². The second-order valence-corrected chi connectivity index (χ2v) is 4.21. The average Bonchev–Trinajstić information content (AvgIpc) is 1.95. The van der Waals surface area contributed by atoms with Crippen molar-refractivity contribution in [3.8, 4) is 0 Å². The fourth-order valence-electron chi connectivity index (χ4n) is 0.905. The van der Waals surface area contributed by atoms with Gasteiger partial charge in [0.2, 0.25) is 0 Å². The van der Waals surface area contributed by atoms with Gasteiger partial charge in [0.25, 0.3) is 10.1 Å². The quantitative estimate of drug-likeness (QED) is 0.385. The molecule has 0 aliphatic carbocycles. The van der Waals surface area contributed by atoms with Gasteiger partial charge >= 0.3 is 29.6 Å². The normalized spacial score (nSPS) is 13.5. The van der Waals surface area contributed by atoms with Gasteiger partial charge in [-0.2, -0.15) is 8.42 Å². The minimum atomic E-state index is -4.07. The maximum atomic E-state index is 10.6. The van der Waals surface area contributed by atoms with E-state index >= 15 is 0 Å². The van der Waals surface area contributed by atoms with Crippen LogP contribution in [0.2, 0.25) is 0 Å². The summed E-state index contributed by atoms with van der Waals surface area (Å²) in [6.45, 7) is -0.396. The van der Waals surface area contributed by atoms with Crippen molar-refractivity contribution < 1.29 is 23.2 Å². The van der Waals surface area contributed by atoms with Crippen molar-refractivity contribution in [2.45, 2.75) is 24.5 Å². The third kappa shape index (κ3) is 7.87. The topological polar surface area (TPSA) is 94.8 Å². The Bertz CT molecular complexity index is 203. The van der Waals surface area contributed by atoms with E-state index in [1.54, 1.807) is 0 Å². The molecule has 0 aromatic heterocycles. The molecule has 0 rings (SSSR count). The summed E-state index contributed by atoms with van der Waals surface area (Å²) in [5.74, 6) is 0. The van der Waals surface area contributed by atoms with E-state index in [0.717, 1.165) is 0 Å². The van der Waals surface area contributed by atoms with Gasteiger partial charge in [0.15, 0.2) is 0 Å². The van der Waals surface area contributed by atoms with E-state index in [0.29, 0.717) is 6.42 Å². The molecule has 0 saturated carbocycles. The monoisotopic (exact) mass is 222 g/mol. The first kappa shape index (κ1) is 16.3. The first-order chi connectivity index (χ1) is 5.52. The van der Waals surface area contributed by atoms with Gasteiger partial charge in [-0.05, 0) is 19.3 Å². The van der Waals surface area contributed by atoms with E-state index < -0.39 is 15.4 Å². The Hall–Kier alpha value is 0.830. The Morgan fingerprint density at radius 3 is 1.92 bits per heavy atom. The molecule has 0 aliphatic heterocycles. The fourth-order valence-corrected chi connectivity index (χ4v) is 1.77. The summed E-state index contributed by atoms with van der Waals surface area (Å²) in [5.41, 5.74) is 0. The molecule has 0 fully saturated rings. The molecule has 0 radical (unpaired) electrons. The van der Waals surface area contributed by atoms with Crippen LogP contribution in [0.4, 0.5) is 0 Å². The summed E-state index contributed by atoms with van der Waals surface area (Å²) < 4.78 is 29.8. The molecule has 76 valence electrons. The van der Waals surface area contributed by atoms with E-state index in [2.05, 4.69) is 0 Å². The van der Waals surface area contributed by atoms with Crippen LogP contribution in [0.1, 0.15) is 19.3 Å². The van der Waals surface area contributed by atoms with Crippen LogP contribution >= 0.6 is 0 Å². The predicted octanol–water partition coefficient (Wildman–Crippen LogP) is -1.25. The van der Waals surface area contributed by atoms with Crippen LogP contribution in [-0.2, 0) is 10.1 Å². The van der Waals surface area contributed by atoms with Gasteiger partial charge in [0, 0.05) is 13.2 Å². The zero-order valence-corrected chi connectivity index (χ0v) is 7.50. The zero-order chi connectivity index (χ0) is 9.61. The van der Waals surface area contributed by atoms with Gasteiger partial charge in [0.05, 0.1) is 5.25 Å². The van der Waals surface area contributed by atoms with E-state index in [4.69, 9.17) is 14.8 Å². The molecule has 1 unspecified atom stereocenters. The summed E-state index contributed by atoms with van der Waals surface area (Å²) >= 11 is 0. The number of hydrogen-bond donors (Lipinski definition) is 3. The maximum absolute atomic E-state index is 10.6. The molecule has 0 saturated heterocycles. The predicted molar refractivity (Wildman–Crippen MR) is 50.5 cm³/mol. The van der Waals surface area contributed by atoms with Crippen molar-refractivity contribution in [1.82, 2.24) is 0 Å². The Balaban J connectivity index is 0. The van der Waals surface area contributed by atoms with Crippen LogP contribution in [-0.4, -0.2) is 71.2 Å². The Kier molecular flexibility index (Phi) is 10.2. The van der Waals surface area contributed by atoms with Gasteiger partial charge in [0.1, 0.15) is 0 Å². The Morgan fingerprint density at radius 2 is 1.62 bits per heavy atom. The Morgan fingerprint density at radius 1 is 1.08 bits per heavy atom. The van der Waals surface area contributed by atoms with Gasteiger partial charge in [-0.3, -0.25) is 4.55 Å². The minimum absolute atomic E-state index is 0. The molecule has 0 amide bonds. The number of aliphatic hydroxyl groups is 2. The van der Waals surface area contributed by atoms with Crippen LogP contribution in [0.5, 0.6) is 0 Å². The van der Waals surface area contributed by atoms with Crippen LogP contribution in [0.25, 0.3) is 0 Å². The summed E-state index contributed by atoms with van der Waals surface area (Å²) in [6.07, 6.45) is 0.499. The molecule has 7 heteroatoms. The summed E-state index contributed by atoms with van der Waals surface area (Å²) in [6, 6.07) is 0. The summed E-state index contributed by atoms with van der Waals surface area (Å²) in [7, 11) is -4.07. The van der Waals surface area contributed by atoms with Crippen molar-refractivity contribution in [3.63, 3.8) is 0 Å². The molecule has 0 aliphatic rings. The summed E-state index contributed by atoms with van der Waals surface area (Å²) in [5, 5.41) is 15.9. The second kappa shape index (κ2) is 8.16. The fraction of sp³-hybridized carbons (Fsp3) is 1.00. The van der Waals surface area contributed by atoms with Gasteiger partial charge in [-0.1, -0.05) is 0 Å². The zero-order valence-electron chi connectivity index (χ0n) is 6.68. The van der Waals surface area contributed by atoms with E-state index in [9.17, 15) is 8.42 Å². The third-order valence-corrected chi connectivity index (χ3v) is 2.87. The first-order valence-electron chi connectivity index (χ1n) is 3.70. The number of rotatable bonds is 6. The standard InChI is InChI=1S/C6H14O5S.Na.H/c7-4-1-2-6(3-5-8)12(9,10)11;;/h6-8H,1-5H2,(H,9,10,11);;. The molecule has 0 heterocycles. The molecule has 0 bridgehead atoms. The van der Waals surface area contributed by atoms with Crippen molar-refractivity contribution in [2.24, 2.45) is 0 Å². The first-order valence-corrected chi connectivity index (χ1v) is 5.20. The van der Waals surface area contributed by atoms with Crippen molar-refractivity contribution in [2.75, 3.05) is 13.2 Å². The SMILES string of the molecule is O=S(=O)(O)C(CCO)CCCO.[NaH]. The van der Waals surface area contributed by atoms with E-state index in [1.165, 1.54) is 0 Å². The summed E-state index contributed by atoms with van der Waals surface area (Å²) in [4.78, 5) is 0. The van der Waals surface area contributed by atoms with Gasteiger partial charge in [-0.25, -0.2) is 0 Å². The van der Waals surface area contributed by atoms with Crippen molar-refractivity contribution >= 4 is 39.7 Å². The molecule has 0 spiro atoms. The van der Waals surface area contributed by atoms with Crippen LogP contribution in [0.3, 0.4) is 0 Å². The van der Waals surface area contributed by atoms with E-state index in [1.807, 2.05) is 0 Å². The molecular formula is C6H15NaO5S. The van der Waals surface area contributed by atoms with Crippen LogP contribution in [0, 0.1) is 0 Å². The molecule has 0 aromatic rings. The molecule has 13 heavy (non-hydrogen) atoms. The molecule has 5 nitrogen and oxygen atoms in total. The molecule has 3 N–H and O–H groups in total. The van der Waals surface area contributed by atoms with Gasteiger partial charge < -0.3 is 10.2 Å². The second-order valence-electron chi connectivity index (χ2n) is 2.52. The van der Waals surface area contributed by atoms with Crippen molar-refractivity contribution in [1.29, 1.82) is 0 Å². The van der Waals surface area contributed by atoms with Crippen molar-refractivity contribution in [3.05, 3.63) is 0 Å². The molecule has 1 atom stereocenters. The number of aliphatic hydroxyl groups excluding tert-OH is 2. The Labute approximate surface area is 100 Å². The van der Waals surface area contributed by atoms with Crippen LogP contribution in [0.15, 0.2) is 0 Å². The van der Waals surface area contributed by atoms with Crippen LogP contribution < -0.4 is 0 Å². The molecule has 0 aromatic carbocycles. The average molecular weight is 222 g/mol. The number of hydrogen-bond acceptors (Lipinski definition) is 4. The third-order valence-electron chi connectivity index (χ3n) is 1.56. The van der Waals surface area contributed by atoms with Gasteiger partial charge in [-0.15, -0.1) is 0 Å².